The van der Waals surface area contributed by atoms with Gasteiger partial charge in [-0.3, -0.25) is 0 Å². The lowest BCUT2D eigenvalue weighted by molar-refractivity contribution is 0.187. The van der Waals surface area contributed by atoms with Crippen LogP contribution in [0.4, 0.5) is 11.5 Å². The van der Waals surface area contributed by atoms with Gasteiger partial charge in [-0.15, -0.1) is 0 Å². The Balaban J connectivity index is 1.55. The van der Waals surface area contributed by atoms with Crippen LogP contribution in [0.5, 0.6) is 5.88 Å². The van der Waals surface area contributed by atoms with E-state index in [0.29, 0.717) is 23.4 Å². The van der Waals surface area contributed by atoms with E-state index in [-0.39, 0.29) is 0 Å². The summed E-state index contributed by atoms with van der Waals surface area (Å²) in [5.41, 5.74) is 6.49. The molecular formula is C14H21N3O2. The summed E-state index contributed by atoms with van der Waals surface area (Å²) in [6.45, 7) is 3.33. The number of rotatable bonds is 6. The van der Waals surface area contributed by atoms with E-state index in [1.807, 2.05) is 12.1 Å². The van der Waals surface area contributed by atoms with Crippen molar-refractivity contribution in [2.24, 2.45) is 11.8 Å². The van der Waals surface area contributed by atoms with Gasteiger partial charge < -0.3 is 20.5 Å². The molecule has 0 amide bonds. The molecule has 0 spiro atoms. The second-order valence-electron chi connectivity index (χ2n) is 5.46. The van der Waals surface area contributed by atoms with Crippen molar-refractivity contribution in [1.82, 2.24) is 4.98 Å². The van der Waals surface area contributed by atoms with Gasteiger partial charge in [-0.1, -0.05) is 0 Å². The predicted molar refractivity (Wildman–Crippen MR) is 74.3 cm³/mol. The maximum atomic E-state index is 5.88. The number of hydrogen-bond donors (Lipinski definition) is 2. The zero-order valence-electron chi connectivity index (χ0n) is 11.1. The van der Waals surface area contributed by atoms with E-state index < -0.39 is 0 Å². The number of anilines is 2. The Kier molecular flexibility index (Phi) is 3.73. The zero-order valence-corrected chi connectivity index (χ0v) is 11.1. The van der Waals surface area contributed by atoms with E-state index in [0.717, 1.165) is 38.6 Å². The molecule has 3 N–H and O–H groups in total. The fourth-order valence-electron chi connectivity index (χ4n) is 2.14. The first-order valence-corrected chi connectivity index (χ1v) is 7.02. The highest BCUT2D eigenvalue weighted by Crippen LogP contribution is 2.30. The summed E-state index contributed by atoms with van der Waals surface area (Å²) in [5, 5.41) is 3.33. The van der Waals surface area contributed by atoms with Gasteiger partial charge in [0.25, 0.3) is 0 Å². The van der Waals surface area contributed by atoms with Crippen molar-refractivity contribution in [2.75, 3.05) is 37.4 Å². The van der Waals surface area contributed by atoms with Crippen molar-refractivity contribution in [1.29, 1.82) is 0 Å². The van der Waals surface area contributed by atoms with Crippen LogP contribution in [0.15, 0.2) is 12.1 Å². The predicted octanol–water partition coefficient (Wildman–Crippen LogP) is 1.90. The molecule has 1 aliphatic carbocycles. The fraction of sp³-hybridized carbons (Fsp3) is 0.643. The Labute approximate surface area is 113 Å². The summed E-state index contributed by atoms with van der Waals surface area (Å²) in [6, 6.07) is 3.75. The molecular weight excluding hydrogens is 242 g/mol. The largest absolute Gasteiger partial charge is 0.476 e. The van der Waals surface area contributed by atoms with Crippen LogP contribution in [-0.4, -0.2) is 31.3 Å². The molecule has 3 rings (SSSR count). The standard InChI is InChI=1S/C14H21N3O2/c15-12-3-4-13(16-7-11-5-6-18-8-11)17-14(12)19-9-10-1-2-10/h3-4,10-11H,1-2,5-9,15H2,(H,16,17). The van der Waals surface area contributed by atoms with E-state index in [9.17, 15) is 0 Å². The minimum Gasteiger partial charge on any atom is -0.476 e. The first-order chi connectivity index (χ1) is 9.31. The Morgan fingerprint density at radius 1 is 1.32 bits per heavy atom. The van der Waals surface area contributed by atoms with E-state index in [2.05, 4.69) is 10.3 Å². The lowest BCUT2D eigenvalue weighted by Crippen LogP contribution is -2.15. The van der Waals surface area contributed by atoms with E-state index in [1.54, 1.807) is 0 Å². The summed E-state index contributed by atoms with van der Waals surface area (Å²) in [7, 11) is 0. The number of pyridine rings is 1. The van der Waals surface area contributed by atoms with Crippen LogP contribution < -0.4 is 15.8 Å². The number of ether oxygens (including phenoxy) is 2. The third kappa shape index (κ3) is 3.50. The average molecular weight is 263 g/mol. The van der Waals surface area contributed by atoms with Gasteiger partial charge in [-0.2, -0.15) is 4.98 Å². The molecule has 104 valence electrons. The molecule has 1 aliphatic heterocycles. The summed E-state index contributed by atoms with van der Waals surface area (Å²) < 4.78 is 11.0. The smallest absolute Gasteiger partial charge is 0.239 e. The molecule has 0 bridgehead atoms. The molecule has 0 aromatic carbocycles. The quantitative estimate of drug-likeness (QED) is 0.820. The number of nitrogens with one attached hydrogen (secondary N) is 1. The molecule has 1 saturated heterocycles. The second-order valence-corrected chi connectivity index (χ2v) is 5.46. The van der Waals surface area contributed by atoms with E-state index in [4.69, 9.17) is 15.2 Å². The van der Waals surface area contributed by atoms with Crippen LogP contribution in [0.1, 0.15) is 19.3 Å². The first kappa shape index (κ1) is 12.5. The maximum Gasteiger partial charge on any atom is 0.239 e. The van der Waals surface area contributed by atoms with Gasteiger partial charge in [0.05, 0.1) is 18.9 Å². The molecule has 0 radical (unpaired) electrons. The van der Waals surface area contributed by atoms with Crippen molar-refractivity contribution in [3.8, 4) is 5.88 Å². The summed E-state index contributed by atoms with van der Waals surface area (Å²) in [5.74, 6) is 2.66. The Morgan fingerprint density at radius 3 is 2.95 bits per heavy atom. The molecule has 1 atom stereocenters. The highest BCUT2D eigenvalue weighted by Gasteiger charge is 2.22. The molecule has 5 heteroatoms. The minimum absolute atomic E-state index is 0.555. The van der Waals surface area contributed by atoms with Gasteiger partial charge in [-0.25, -0.2) is 0 Å². The summed E-state index contributed by atoms with van der Waals surface area (Å²) in [6.07, 6.45) is 3.64. The molecule has 1 aromatic rings. The Bertz CT molecular complexity index is 429. The number of hydrogen-bond acceptors (Lipinski definition) is 5. The third-order valence-corrected chi connectivity index (χ3v) is 3.64. The van der Waals surface area contributed by atoms with E-state index >= 15 is 0 Å². The van der Waals surface area contributed by atoms with Crippen LogP contribution in [0, 0.1) is 11.8 Å². The van der Waals surface area contributed by atoms with Gasteiger partial charge >= 0.3 is 0 Å². The van der Waals surface area contributed by atoms with Gasteiger partial charge in [-0.05, 0) is 37.3 Å². The van der Waals surface area contributed by atoms with Crippen LogP contribution >= 0.6 is 0 Å². The van der Waals surface area contributed by atoms with Crippen molar-refractivity contribution >= 4 is 11.5 Å². The monoisotopic (exact) mass is 263 g/mol. The van der Waals surface area contributed by atoms with Crippen LogP contribution in [0.2, 0.25) is 0 Å². The van der Waals surface area contributed by atoms with Crippen LogP contribution in [0.3, 0.4) is 0 Å². The second kappa shape index (κ2) is 5.65. The van der Waals surface area contributed by atoms with Crippen LogP contribution in [0.25, 0.3) is 0 Å². The molecule has 1 aromatic heterocycles. The number of nitrogens with two attached hydrogens (primary N) is 1. The maximum absolute atomic E-state index is 5.88. The van der Waals surface area contributed by atoms with Gasteiger partial charge in [0.2, 0.25) is 5.88 Å². The SMILES string of the molecule is Nc1ccc(NCC2CCOC2)nc1OCC1CC1. The minimum atomic E-state index is 0.555. The number of nitrogens with zero attached hydrogens (tertiary/aromatic N) is 1. The summed E-state index contributed by atoms with van der Waals surface area (Å²) >= 11 is 0. The highest BCUT2D eigenvalue weighted by molar-refractivity contribution is 5.53. The normalized spacial score (nSPS) is 22.4. The molecule has 1 unspecified atom stereocenters. The van der Waals surface area contributed by atoms with Gasteiger partial charge in [0.1, 0.15) is 5.82 Å². The summed E-state index contributed by atoms with van der Waals surface area (Å²) in [4.78, 5) is 4.43. The number of nitrogen functional groups attached to an aromatic ring is 1. The van der Waals surface area contributed by atoms with Crippen molar-refractivity contribution in [2.45, 2.75) is 19.3 Å². The van der Waals surface area contributed by atoms with Crippen molar-refractivity contribution in [3.63, 3.8) is 0 Å². The molecule has 19 heavy (non-hydrogen) atoms. The molecule has 1 saturated carbocycles. The molecule has 2 aliphatic rings. The van der Waals surface area contributed by atoms with Gasteiger partial charge in [0, 0.05) is 19.1 Å². The van der Waals surface area contributed by atoms with Crippen molar-refractivity contribution in [3.05, 3.63) is 12.1 Å². The van der Waals surface area contributed by atoms with Crippen molar-refractivity contribution < 1.29 is 9.47 Å². The topological polar surface area (TPSA) is 69.4 Å². The molecule has 5 nitrogen and oxygen atoms in total. The van der Waals surface area contributed by atoms with Crippen LogP contribution in [-0.2, 0) is 4.74 Å². The highest BCUT2D eigenvalue weighted by atomic mass is 16.5. The Hall–Kier alpha value is -1.49. The van der Waals surface area contributed by atoms with Gasteiger partial charge in [0.15, 0.2) is 0 Å². The fourth-order valence-corrected chi connectivity index (χ4v) is 2.14. The first-order valence-electron chi connectivity index (χ1n) is 7.02. The average Bonchev–Trinajstić information content (AvgIpc) is 3.10. The molecule has 2 fully saturated rings. The van der Waals surface area contributed by atoms with E-state index in [1.165, 1.54) is 12.8 Å². The lowest BCUT2D eigenvalue weighted by Gasteiger charge is -2.12. The lowest BCUT2D eigenvalue weighted by atomic mass is 10.1. The number of aromatic nitrogens is 1. The third-order valence-electron chi connectivity index (χ3n) is 3.64. The Morgan fingerprint density at radius 2 is 2.21 bits per heavy atom. The molecule has 2 heterocycles. The zero-order chi connectivity index (χ0) is 13.1.